The van der Waals surface area contributed by atoms with E-state index in [2.05, 4.69) is 10.3 Å². The average molecular weight is 361 g/mol. The fourth-order valence-corrected chi connectivity index (χ4v) is 3.25. The molecule has 4 aromatic rings. The highest BCUT2D eigenvalue weighted by atomic mass is 32.1. The summed E-state index contributed by atoms with van der Waals surface area (Å²) in [6.07, 6.45) is 1.66. The summed E-state index contributed by atoms with van der Waals surface area (Å²) >= 11 is 1.38. The Hall–Kier alpha value is -3.25. The Bertz CT molecular complexity index is 1060. The molecule has 0 radical (unpaired) electrons. The maximum atomic E-state index is 12.8. The number of thiazole rings is 1. The first-order valence-corrected chi connectivity index (χ1v) is 8.87. The molecule has 0 atom stereocenters. The van der Waals surface area contributed by atoms with Gasteiger partial charge in [-0.15, -0.1) is 11.3 Å². The summed E-state index contributed by atoms with van der Waals surface area (Å²) in [5.41, 5.74) is 2.98. The molecule has 1 N–H and O–H groups in total. The molecule has 0 aliphatic rings. The Morgan fingerprint density at radius 3 is 2.65 bits per heavy atom. The van der Waals surface area contributed by atoms with Gasteiger partial charge in [0.15, 0.2) is 5.13 Å². The van der Waals surface area contributed by atoms with E-state index in [1.807, 2.05) is 60.0 Å². The number of para-hydroxylation sites is 1. The van der Waals surface area contributed by atoms with Crippen LogP contribution in [0.4, 0.5) is 5.13 Å². The van der Waals surface area contributed by atoms with E-state index in [1.54, 1.807) is 13.3 Å². The molecule has 2 heterocycles. The van der Waals surface area contributed by atoms with Gasteiger partial charge in [-0.1, -0.05) is 18.2 Å². The number of carbonyl (C=O) groups is 1. The number of ether oxygens (including phenoxy) is 1. The zero-order valence-electron chi connectivity index (χ0n) is 14.0. The Balaban J connectivity index is 1.81. The minimum absolute atomic E-state index is 0.201. The van der Waals surface area contributed by atoms with E-state index in [0.29, 0.717) is 10.7 Å². The molecule has 2 aromatic carbocycles. The van der Waals surface area contributed by atoms with E-state index in [4.69, 9.17) is 9.72 Å². The van der Waals surface area contributed by atoms with Crippen LogP contribution < -0.4 is 10.1 Å². The van der Waals surface area contributed by atoms with Crippen molar-refractivity contribution in [3.8, 4) is 17.0 Å². The Morgan fingerprint density at radius 2 is 1.92 bits per heavy atom. The molecular weight excluding hydrogens is 346 g/mol. The number of benzene rings is 2. The van der Waals surface area contributed by atoms with E-state index < -0.39 is 0 Å². The third-order valence-corrected chi connectivity index (χ3v) is 4.69. The van der Waals surface area contributed by atoms with Crippen LogP contribution in [0.15, 0.2) is 66.2 Å². The highest BCUT2D eigenvalue weighted by molar-refractivity contribution is 7.13. The van der Waals surface area contributed by atoms with E-state index >= 15 is 0 Å². The summed E-state index contributed by atoms with van der Waals surface area (Å²) in [5, 5.41) is 6.05. The Kier molecular flexibility index (Phi) is 4.33. The van der Waals surface area contributed by atoms with Crippen LogP contribution in [0.3, 0.4) is 0 Å². The maximum Gasteiger partial charge on any atom is 0.258 e. The van der Waals surface area contributed by atoms with Crippen molar-refractivity contribution in [2.45, 2.75) is 0 Å². The first-order chi connectivity index (χ1) is 12.7. The van der Waals surface area contributed by atoms with Gasteiger partial charge in [0.25, 0.3) is 5.91 Å². The van der Waals surface area contributed by atoms with Gasteiger partial charge in [-0.3, -0.25) is 10.1 Å². The number of fused-ring (bicyclic) bond motifs is 1. The number of anilines is 1. The number of hydrogen-bond donors (Lipinski definition) is 1. The van der Waals surface area contributed by atoms with Crippen molar-refractivity contribution in [2.75, 3.05) is 12.4 Å². The first kappa shape index (κ1) is 16.2. The fraction of sp³-hybridized carbons (Fsp3) is 0.0500. The van der Waals surface area contributed by atoms with Crippen LogP contribution in [0, 0.1) is 0 Å². The lowest BCUT2D eigenvalue weighted by Gasteiger charge is -2.10. The maximum absolute atomic E-state index is 12.8. The number of nitrogens with one attached hydrogen (secondary N) is 1. The second-order valence-corrected chi connectivity index (χ2v) is 6.49. The lowest BCUT2D eigenvalue weighted by molar-refractivity contribution is 0.102. The minimum atomic E-state index is -0.201. The SMILES string of the molecule is COc1ccc(-c2cc(C(=O)Nc3nccs3)c3ccccc3n2)cc1. The third-order valence-electron chi connectivity index (χ3n) is 4.00. The zero-order valence-corrected chi connectivity index (χ0v) is 14.8. The summed E-state index contributed by atoms with van der Waals surface area (Å²) in [5.74, 6) is 0.574. The molecule has 128 valence electrons. The second kappa shape index (κ2) is 6.93. The summed E-state index contributed by atoms with van der Waals surface area (Å²) in [4.78, 5) is 21.6. The van der Waals surface area contributed by atoms with Crippen LogP contribution >= 0.6 is 11.3 Å². The van der Waals surface area contributed by atoms with Crippen molar-refractivity contribution < 1.29 is 9.53 Å². The molecule has 4 rings (SSSR count). The number of rotatable bonds is 4. The predicted octanol–water partition coefficient (Wildman–Crippen LogP) is 4.62. The van der Waals surface area contributed by atoms with E-state index in [-0.39, 0.29) is 5.91 Å². The van der Waals surface area contributed by atoms with Gasteiger partial charge in [0.1, 0.15) is 5.75 Å². The smallest absolute Gasteiger partial charge is 0.258 e. The molecule has 0 fully saturated rings. The van der Waals surface area contributed by atoms with Crippen molar-refractivity contribution in [1.29, 1.82) is 0 Å². The number of nitrogens with zero attached hydrogens (tertiary/aromatic N) is 2. The highest BCUT2D eigenvalue weighted by Crippen LogP contribution is 2.27. The quantitative estimate of drug-likeness (QED) is 0.576. The predicted molar refractivity (Wildman–Crippen MR) is 104 cm³/mol. The van der Waals surface area contributed by atoms with Crippen molar-refractivity contribution in [2.24, 2.45) is 0 Å². The number of carbonyl (C=O) groups excluding carboxylic acids is 1. The topological polar surface area (TPSA) is 64.1 Å². The number of amides is 1. The molecular formula is C20H15N3O2S. The summed E-state index contributed by atoms with van der Waals surface area (Å²) in [6.45, 7) is 0. The van der Waals surface area contributed by atoms with Crippen LogP contribution in [-0.2, 0) is 0 Å². The van der Waals surface area contributed by atoms with Crippen molar-refractivity contribution >= 4 is 33.3 Å². The van der Waals surface area contributed by atoms with E-state index in [1.165, 1.54) is 11.3 Å². The number of pyridine rings is 1. The molecule has 0 bridgehead atoms. The molecule has 6 heteroatoms. The number of methoxy groups -OCH3 is 1. The summed E-state index contributed by atoms with van der Waals surface area (Å²) in [7, 11) is 1.63. The van der Waals surface area contributed by atoms with Crippen LogP contribution in [-0.4, -0.2) is 23.0 Å². The average Bonchev–Trinajstić information content (AvgIpc) is 3.20. The Labute approximate surface area is 154 Å². The van der Waals surface area contributed by atoms with Gasteiger partial charge < -0.3 is 4.74 Å². The third kappa shape index (κ3) is 3.14. The molecule has 0 saturated heterocycles. The lowest BCUT2D eigenvalue weighted by Crippen LogP contribution is -2.12. The molecule has 0 aliphatic heterocycles. The molecule has 2 aromatic heterocycles. The first-order valence-electron chi connectivity index (χ1n) is 7.99. The van der Waals surface area contributed by atoms with Gasteiger partial charge in [-0.2, -0.15) is 0 Å². The van der Waals surface area contributed by atoms with Gasteiger partial charge in [0.05, 0.1) is 23.9 Å². The largest absolute Gasteiger partial charge is 0.497 e. The van der Waals surface area contributed by atoms with Gasteiger partial charge in [0.2, 0.25) is 0 Å². The fourth-order valence-electron chi connectivity index (χ4n) is 2.72. The Morgan fingerprint density at radius 1 is 1.12 bits per heavy atom. The number of aromatic nitrogens is 2. The summed E-state index contributed by atoms with van der Waals surface area (Å²) < 4.78 is 5.21. The molecule has 26 heavy (non-hydrogen) atoms. The van der Waals surface area contributed by atoms with Gasteiger partial charge in [0, 0.05) is 22.5 Å². The minimum Gasteiger partial charge on any atom is -0.497 e. The van der Waals surface area contributed by atoms with Crippen LogP contribution in [0.25, 0.3) is 22.2 Å². The standard InChI is InChI=1S/C20H15N3O2S/c1-25-14-8-6-13(7-9-14)18-12-16(15-4-2-3-5-17(15)22-18)19(24)23-20-21-10-11-26-20/h2-12H,1H3,(H,21,23,24). The van der Waals surface area contributed by atoms with Crippen LogP contribution in [0.2, 0.25) is 0 Å². The summed E-state index contributed by atoms with van der Waals surface area (Å²) in [6, 6.07) is 17.0. The molecule has 0 aliphatic carbocycles. The molecule has 0 spiro atoms. The van der Waals surface area contributed by atoms with Gasteiger partial charge in [-0.05, 0) is 36.4 Å². The molecule has 5 nitrogen and oxygen atoms in total. The second-order valence-electron chi connectivity index (χ2n) is 5.59. The van der Waals surface area contributed by atoms with Crippen molar-refractivity contribution in [1.82, 2.24) is 9.97 Å². The number of hydrogen-bond acceptors (Lipinski definition) is 5. The van der Waals surface area contributed by atoms with Crippen LogP contribution in [0.5, 0.6) is 5.75 Å². The van der Waals surface area contributed by atoms with Gasteiger partial charge >= 0.3 is 0 Å². The highest BCUT2D eigenvalue weighted by Gasteiger charge is 2.15. The normalized spacial score (nSPS) is 10.7. The van der Waals surface area contributed by atoms with Crippen LogP contribution in [0.1, 0.15) is 10.4 Å². The molecule has 0 saturated carbocycles. The van der Waals surface area contributed by atoms with E-state index in [0.717, 1.165) is 27.9 Å². The zero-order chi connectivity index (χ0) is 17.9. The van der Waals surface area contributed by atoms with E-state index in [9.17, 15) is 4.79 Å². The van der Waals surface area contributed by atoms with Crippen molar-refractivity contribution in [3.05, 3.63) is 71.7 Å². The monoisotopic (exact) mass is 361 g/mol. The molecule has 1 amide bonds. The lowest BCUT2D eigenvalue weighted by atomic mass is 10.0. The van der Waals surface area contributed by atoms with Crippen molar-refractivity contribution in [3.63, 3.8) is 0 Å². The van der Waals surface area contributed by atoms with Gasteiger partial charge in [-0.25, -0.2) is 9.97 Å². The molecule has 0 unspecified atom stereocenters.